The molecule has 2 fully saturated rings. The normalized spacial score (nSPS) is 13.3. The number of H-pyrrole nitrogens is 2. The van der Waals surface area contributed by atoms with Crippen molar-refractivity contribution in [1.29, 1.82) is 0 Å². The number of carbonyl (C=O) groups is 4. The molecule has 6 heterocycles. The Bertz CT molecular complexity index is 2100. The van der Waals surface area contributed by atoms with E-state index in [1.165, 1.54) is 59.4 Å². The summed E-state index contributed by atoms with van der Waals surface area (Å²) in [7, 11) is 3.11. The van der Waals surface area contributed by atoms with Crippen LogP contribution in [0.15, 0.2) is 90.4 Å². The Morgan fingerprint density at radius 3 is 1.81 bits per heavy atom. The topological polar surface area (TPSA) is 165 Å². The minimum Gasteiger partial charge on any atom is -0.471 e. The Morgan fingerprint density at radius 1 is 0.797 bits per heavy atom. The van der Waals surface area contributed by atoms with Crippen molar-refractivity contribution in [3.05, 3.63) is 96.0 Å². The Labute approximate surface area is 354 Å². The van der Waals surface area contributed by atoms with Crippen LogP contribution in [0.4, 0.5) is 0 Å². The van der Waals surface area contributed by atoms with E-state index in [-0.39, 0.29) is 17.7 Å². The maximum Gasteiger partial charge on any atom is 0.292 e. The number of hydrogen-bond acceptors (Lipinski definition) is 10. The number of imidazole rings is 2. The number of fused-ring (bicyclic) bond motifs is 1. The molecule has 0 spiro atoms. The van der Waals surface area contributed by atoms with Crippen molar-refractivity contribution in [2.45, 2.75) is 58.9 Å². The van der Waals surface area contributed by atoms with Crippen LogP contribution < -0.4 is 10.6 Å². The van der Waals surface area contributed by atoms with Crippen molar-refractivity contribution < 1.29 is 23.9 Å². The Hall–Kier alpha value is -5.64. The summed E-state index contributed by atoms with van der Waals surface area (Å²) in [5, 5.41) is 10.0. The van der Waals surface area contributed by atoms with E-state index in [9.17, 15) is 14.4 Å². The molecule has 59 heavy (non-hydrogen) atoms. The van der Waals surface area contributed by atoms with Crippen LogP contribution in [0.25, 0.3) is 43.0 Å². The summed E-state index contributed by atoms with van der Waals surface area (Å²) in [6.07, 6.45) is 12.8. The smallest absolute Gasteiger partial charge is 0.292 e. The van der Waals surface area contributed by atoms with Crippen LogP contribution in [-0.2, 0) is 23.9 Å². The summed E-state index contributed by atoms with van der Waals surface area (Å²) in [4.78, 5) is 62.0. The lowest BCUT2D eigenvalue weighted by atomic mass is 10.1. The molecule has 4 aromatic heterocycles. The zero-order valence-corrected chi connectivity index (χ0v) is 36.2. The number of likely N-dealkylation sites (N-methyl/N-ethyl adjacent to an activating group) is 1. The first-order chi connectivity index (χ1) is 28.8. The van der Waals surface area contributed by atoms with E-state index >= 15 is 0 Å². The van der Waals surface area contributed by atoms with Gasteiger partial charge in [0.15, 0.2) is 0 Å². The molecule has 8 rings (SSSR count). The van der Waals surface area contributed by atoms with Crippen molar-refractivity contribution >= 4 is 56.3 Å². The van der Waals surface area contributed by atoms with E-state index < -0.39 is 6.04 Å². The van der Waals surface area contributed by atoms with Gasteiger partial charge in [-0.3, -0.25) is 19.2 Å². The quantitative estimate of drug-likeness (QED) is 0.107. The van der Waals surface area contributed by atoms with Crippen LogP contribution >= 0.6 is 22.7 Å². The first kappa shape index (κ1) is 46.1. The highest BCUT2D eigenvalue weighted by Crippen LogP contribution is 2.43. The molecule has 2 aliphatic rings. The number of methoxy groups -OCH3 is 1. The molecule has 0 radical (unpaired) electrons. The molecule has 1 atom stereocenters. The molecule has 6 aromatic rings. The van der Waals surface area contributed by atoms with Crippen LogP contribution in [0.3, 0.4) is 0 Å². The molecule has 314 valence electrons. The molecule has 0 bridgehead atoms. The van der Waals surface area contributed by atoms with Crippen molar-refractivity contribution in [2.24, 2.45) is 0 Å². The first-order valence-electron chi connectivity index (χ1n) is 19.8. The predicted molar refractivity (Wildman–Crippen MR) is 238 cm³/mol. The van der Waals surface area contributed by atoms with Crippen LogP contribution in [0, 0.1) is 0 Å². The third-order valence-electron chi connectivity index (χ3n) is 9.11. The molecular formula is C44H56N8O5S2. The van der Waals surface area contributed by atoms with Gasteiger partial charge in [0.25, 0.3) is 6.47 Å². The second-order valence-corrected chi connectivity index (χ2v) is 15.5. The van der Waals surface area contributed by atoms with Gasteiger partial charge in [0.1, 0.15) is 6.04 Å². The number of ether oxygens (including phenoxy) is 1. The largest absolute Gasteiger partial charge is 0.471 e. The molecule has 2 aromatic carbocycles. The number of likely N-dealkylation sites (tertiary alicyclic amines) is 2. The second kappa shape index (κ2) is 25.0. The molecule has 0 saturated carbocycles. The summed E-state index contributed by atoms with van der Waals surface area (Å²) < 4.78 is 6.51. The van der Waals surface area contributed by atoms with Gasteiger partial charge >= 0.3 is 0 Å². The Balaban J connectivity index is 0.000000193. The molecule has 1 unspecified atom stereocenters. The van der Waals surface area contributed by atoms with E-state index in [0.717, 1.165) is 61.5 Å². The number of carbonyl (C=O) groups excluding carboxylic acids is 4. The molecule has 2 aliphatic heterocycles. The number of thiophene rings is 2. The van der Waals surface area contributed by atoms with Crippen molar-refractivity contribution in [1.82, 2.24) is 40.4 Å². The molecular weight excluding hydrogens is 785 g/mol. The van der Waals surface area contributed by atoms with Crippen molar-refractivity contribution in [2.75, 3.05) is 46.9 Å². The number of hydrogen-bond donors (Lipinski definition) is 4. The molecule has 0 aliphatic carbocycles. The van der Waals surface area contributed by atoms with Crippen LogP contribution in [0.5, 0.6) is 0 Å². The highest BCUT2D eigenvalue weighted by molar-refractivity contribution is 7.27. The van der Waals surface area contributed by atoms with Gasteiger partial charge in [-0.2, -0.15) is 0 Å². The van der Waals surface area contributed by atoms with Gasteiger partial charge in [0, 0.05) is 55.0 Å². The fourth-order valence-corrected chi connectivity index (χ4v) is 8.78. The number of aromatic amines is 2. The SMILES string of the molecule is CC(=O)NC(C(=O)N1CCCC1)c1ccccc1.CCC.CNCC(=O)N1CCCC1.COC=O.c1ncc(-c2ccc(-c3csc4c(-c5cnc[nH]5)csc34)cc2)[nH]1. The standard InChI is InChI=1S/C18H12N4S2.C14H18N2O2.C7H14N2O.C3H8.C2H4O2/c1-3-12(15-5-19-9-21-15)4-2-11(1)13-7-23-18-14(8-24-17(13)18)16-6-20-10-22-16;1-11(17)15-13(12-7-3-2-4-8-12)14(18)16-9-5-6-10-16;1-8-6-7(10)9-4-2-3-5-9;1-3-2;1-4-2-3/h1-10H,(H,19,21)(H,20,22);2-4,7-8,13H,5-6,9-10H2,1H3,(H,15,17);8H,2-6H2,1H3;3H2,1-2H3;2H,1H3. The predicted octanol–water partition coefficient (Wildman–Crippen LogP) is 7.93. The Morgan fingerprint density at radius 2 is 1.31 bits per heavy atom. The van der Waals surface area contributed by atoms with Crippen LogP contribution in [-0.4, -0.2) is 101 Å². The summed E-state index contributed by atoms with van der Waals surface area (Å²) >= 11 is 3.58. The maximum absolute atomic E-state index is 12.4. The first-order valence-corrected chi connectivity index (χ1v) is 21.6. The highest BCUT2D eigenvalue weighted by Gasteiger charge is 2.28. The fourth-order valence-electron chi connectivity index (χ4n) is 6.34. The molecule has 2 saturated heterocycles. The maximum atomic E-state index is 12.4. The summed E-state index contributed by atoms with van der Waals surface area (Å²) in [6.45, 7) is 10.1. The van der Waals surface area contributed by atoms with Gasteiger partial charge < -0.3 is 35.1 Å². The lowest BCUT2D eigenvalue weighted by Gasteiger charge is -2.23. The second-order valence-electron chi connectivity index (χ2n) is 13.7. The van der Waals surface area contributed by atoms with Crippen LogP contribution in [0.1, 0.15) is 64.5 Å². The van der Waals surface area contributed by atoms with E-state index in [1.807, 2.05) is 52.5 Å². The zero-order chi connectivity index (χ0) is 42.4. The minimum absolute atomic E-state index is 0.00565. The number of benzene rings is 2. The van der Waals surface area contributed by atoms with Crippen molar-refractivity contribution in [3.8, 4) is 33.6 Å². The lowest BCUT2D eigenvalue weighted by molar-refractivity contribution is -0.135. The van der Waals surface area contributed by atoms with E-state index in [1.54, 1.807) is 42.4 Å². The van der Waals surface area contributed by atoms with Crippen molar-refractivity contribution in [3.63, 3.8) is 0 Å². The fraction of sp³-hybridized carbons (Fsp3) is 0.364. The summed E-state index contributed by atoms with van der Waals surface area (Å²) in [6, 6.07) is 17.5. The van der Waals surface area contributed by atoms with E-state index in [4.69, 9.17) is 4.79 Å². The molecule has 4 N–H and O–H groups in total. The third-order valence-corrected chi connectivity index (χ3v) is 11.3. The number of amides is 3. The van der Waals surface area contributed by atoms with Gasteiger partial charge in [-0.15, -0.1) is 22.7 Å². The summed E-state index contributed by atoms with van der Waals surface area (Å²) in [5.41, 5.74) is 7.86. The average molecular weight is 841 g/mol. The molecule has 13 nitrogen and oxygen atoms in total. The van der Waals surface area contributed by atoms with E-state index in [0.29, 0.717) is 13.0 Å². The average Bonchev–Trinajstić information content (AvgIpc) is 4.11. The van der Waals surface area contributed by atoms with Gasteiger partial charge in [-0.05, 0) is 49.4 Å². The number of rotatable bonds is 9. The molecule has 15 heteroatoms. The van der Waals surface area contributed by atoms with E-state index in [2.05, 4.69) is 84.2 Å². The number of nitrogens with one attached hydrogen (secondary N) is 4. The molecule has 3 amide bonds. The lowest BCUT2D eigenvalue weighted by Crippen LogP contribution is -2.41. The number of aromatic nitrogens is 4. The van der Waals surface area contributed by atoms with Crippen LogP contribution in [0.2, 0.25) is 0 Å². The summed E-state index contributed by atoms with van der Waals surface area (Å²) in [5.74, 6) is 0.0466. The number of nitrogens with zero attached hydrogens (tertiary/aromatic N) is 4. The minimum atomic E-state index is -0.554. The Kier molecular flexibility index (Phi) is 19.5. The van der Waals surface area contributed by atoms with Gasteiger partial charge in [-0.1, -0.05) is 74.9 Å². The highest BCUT2D eigenvalue weighted by atomic mass is 32.1. The third kappa shape index (κ3) is 13.7. The van der Waals surface area contributed by atoms with Gasteiger partial charge in [-0.25, -0.2) is 9.97 Å². The monoisotopic (exact) mass is 840 g/mol. The zero-order valence-electron chi connectivity index (χ0n) is 34.5. The van der Waals surface area contributed by atoms with Gasteiger partial charge in [0.2, 0.25) is 17.7 Å². The van der Waals surface area contributed by atoms with Gasteiger partial charge in [0.05, 0.1) is 59.5 Å².